The molecule has 6 N–H and O–H groups in total. The third kappa shape index (κ3) is 68.4. The zero-order valence-corrected chi connectivity index (χ0v) is 9.93. The van der Waals surface area contributed by atoms with Crippen LogP contribution in [0.1, 0.15) is 13.8 Å². The molecule has 84 valence electrons. The van der Waals surface area contributed by atoms with Crippen LogP contribution in [0.4, 0.5) is 0 Å². The minimum absolute atomic E-state index is 0. The summed E-state index contributed by atoms with van der Waals surface area (Å²) in [6, 6.07) is 0. The smallest absolute Gasteiger partial charge is 0.151 e. The molecule has 0 saturated heterocycles. The maximum absolute atomic E-state index is 8.14. The Hall–Kier alpha value is 0.474. The normalized spacial score (nSPS) is 11.5. The SMILES string of the molecule is COC(C)O.COC(C)O.O.O.[Ti]. The fourth-order valence-electron chi connectivity index (χ4n) is 0. The van der Waals surface area contributed by atoms with Crippen molar-refractivity contribution in [2.45, 2.75) is 26.4 Å². The number of aliphatic hydroxyl groups is 2. The van der Waals surface area contributed by atoms with Crippen molar-refractivity contribution in [3.63, 3.8) is 0 Å². The van der Waals surface area contributed by atoms with Crippen LogP contribution in [0, 0.1) is 0 Å². The van der Waals surface area contributed by atoms with E-state index in [0.29, 0.717) is 0 Å². The molecule has 0 aliphatic carbocycles. The maximum atomic E-state index is 8.14. The van der Waals surface area contributed by atoms with E-state index in [9.17, 15) is 0 Å². The quantitative estimate of drug-likeness (QED) is 0.437. The molecule has 0 spiro atoms. The number of aliphatic hydroxyl groups excluding tert-OH is 2. The number of ether oxygens (including phenoxy) is 2. The molecular formula is C6H20O6Ti. The van der Waals surface area contributed by atoms with Crippen LogP contribution in [0.2, 0.25) is 0 Å². The summed E-state index contributed by atoms with van der Waals surface area (Å²) in [6.45, 7) is 3.11. The Labute approximate surface area is 93.4 Å². The number of rotatable bonds is 2. The molecule has 6 nitrogen and oxygen atoms in total. The molecule has 0 aromatic rings. The third-order valence-corrected chi connectivity index (χ3v) is 0.682. The molecule has 0 saturated carbocycles. The van der Waals surface area contributed by atoms with Gasteiger partial charge in [-0.1, -0.05) is 0 Å². The van der Waals surface area contributed by atoms with E-state index in [0.717, 1.165) is 0 Å². The molecule has 0 bridgehead atoms. The summed E-state index contributed by atoms with van der Waals surface area (Å²) >= 11 is 0. The average molecular weight is 236 g/mol. The molecule has 0 aliphatic heterocycles. The minimum atomic E-state index is -0.616. The first-order chi connectivity index (χ1) is 4.54. The maximum Gasteiger partial charge on any atom is 0.151 e. The van der Waals surface area contributed by atoms with Crippen molar-refractivity contribution in [3.8, 4) is 0 Å². The number of methoxy groups -OCH3 is 2. The Balaban J connectivity index is -0.0000000267. The van der Waals surface area contributed by atoms with E-state index in [1.54, 1.807) is 13.8 Å². The van der Waals surface area contributed by atoms with Gasteiger partial charge in [0.25, 0.3) is 0 Å². The molecule has 0 aromatic carbocycles. The fraction of sp³-hybridized carbons (Fsp3) is 1.00. The summed E-state index contributed by atoms with van der Waals surface area (Å²) in [6.07, 6.45) is -1.23. The Bertz CT molecular complexity index is 53.1. The van der Waals surface area contributed by atoms with Crippen molar-refractivity contribution in [1.82, 2.24) is 0 Å². The molecule has 0 aromatic heterocycles. The standard InChI is InChI=1S/2C3H8O2.2H2O.Ti/c2*1-3(4)5-2;;;/h2*3-4H,1-2H3;2*1H2;. The number of hydrogen-bond donors (Lipinski definition) is 2. The molecular weight excluding hydrogens is 216 g/mol. The van der Waals surface area contributed by atoms with E-state index in [1.807, 2.05) is 0 Å². The average Bonchev–Trinajstić information content (AvgIpc) is 1.89. The van der Waals surface area contributed by atoms with Gasteiger partial charge in [0, 0.05) is 35.9 Å². The van der Waals surface area contributed by atoms with Gasteiger partial charge >= 0.3 is 0 Å². The van der Waals surface area contributed by atoms with Gasteiger partial charge in [-0.25, -0.2) is 0 Å². The zero-order chi connectivity index (χ0) is 8.57. The summed E-state index contributed by atoms with van der Waals surface area (Å²) in [5.74, 6) is 0. The van der Waals surface area contributed by atoms with Crippen LogP contribution in [0.3, 0.4) is 0 Å². The van der Waals surface area contributed by atoms with Crippen LogP contribution in [-0.4, -0.2) is 48.0 Å². The minimum Gasteiger partial charge on any atom is -0.412 e. The second-order valence-electron chi connectivity index (χ2n) is 1.67. The van der Waals surface area contributed by atoms with E-state index in [1.165, 1.54) is 14.2 Å². The van der Waals surface area contributed by atoms with E-state index >= 15 is 0 Å². The predicted molar refractivity (Wildman–Crippen MR) is 44.6 cm³/mol. The van der Waals surface area contributed by atoms with Crippen molar-refractivity contribution in [2.75, 3.05) is 14.2 Å². The molecule has 7 heteroatoms. The summed E-state index contributed by atoms with van der Waals surface area (Å²) in [5, 5.41) is 16.3. The summed E-state index contributed by atoms with van der Waals surface area (Å²) < 4.78 is 8.61. The Morgan fingerprint density at radius 3 is 0.923 bits per heavy atom. The molecule has 0 rings (SSSR count). The first kappa shape index (κ1) is 29.2. The molecule has 0 radical (unpaired) electrons. The van der Waals surface area contributed by atoms with Gasteiger partial charge in [-0.15, -0.1) is 0 Å². The van der Waals surface area contributed by atoms with Crippen molar-refractivity contribution in [2.24, 2.45) is 0 Å². The van der Waals surface area contributed by atoms with Gasteiger partial charge in [0.2, 0.25) is 0 Å². The predicted octanol–water partition coefficient (Wildman–Crippen LogP) is -1.71. The van der Waals surface area contributed by atoms with Crippen molar-refractivity contribution >= 4 is 0 Å². The van der Waals surface area contributed by atoms with Crippen molar-refractivity contribution in [3.05, 3.63) is 0 Å². The summed E-state index contributed by atoms with van der Waals surface area (Å²) in [7, 11) is 2.90. The first-order valence-corrected chi connectivity index (χ1v) is 2.96. The third-order valence-electron chi connectivity index (χ3n) is 0.682. The Kier molecular flexibility index (Phi) is 51.4. The van der Waals surface area contributed by atoms with Gasteiger partial charge < -0.3 is 30.6 Å². The van der Waals surface area contributed by atoms with Crippen molar-refractivity contribution in [1.29, 1.82) is 0 Å². The zero-order valence-electron chi connectivity index (χ0n) is 8.37. The first-order valence-electron chi connectivity index (χ1n) is 2.96. The van der Waals surface area contributed by atoms with Gasteiger partial charge in [-0.05, 0) is 13.8 Å². The van der Waals surface area contributed by atoms with Crippen LogP contribution in [0.15, 0.2) is 0 Å². The Morgan fingerprint density at radius 1 is 0.846 bits per heavy atom. The van der Waals surface area contributed by atoms with Gasteiger partial charge in [0.05, 0.1) is 0 Å². The van der Waals surface area contributed by atoms with Crippen LogP contribution >= 0.6 is 0 Å². The van der Waals surface area contributed by atoms with E-state index in [4.69, 9.17) is 10.2 Å². The molecule has 2 atom stereocenters. The van der Waals surface area contributed by atoms with Crippen LogP contribution in [-0.2, 0) is 31.2 Å². The molecule has 0 heterocycles. The number of hydrogen-bond acceptors (Lipinski definition) is 4. The van der Waals surface area contributed by atoms with E-state index < -0.39 is 12.6 Å². The van der Waals surface area contributed by atoms with Crippen LogP contribution in [0.5, 0.6) is 0 Å². The van der Waals surface area contributed by atoms with E-state index in [-0.39, 0.29) is 32.7 Å². The summed E-state index contributed by atoms with van der Waals surface area (Å²) in [4.78, 5) is 0. The topological polar surface area (TPSA) is 122 Å². The second-order valence-corrected chi connectivity index (χ2v) is 1.67. The molecule has 0 aliphatic rings. The molecule has 0 fully saturated rings. The fourth-order valence-corrected chi connectivity index (χ4v) is 0. The summed E-state index contributed by atoms with van der Waals surface area (Å²) in [5.41, 5.74) is 0. The Morgan fingerprint density at radius 2 is 0.923 bits per heavy atom. The van der Waals surface area contributed by atoms with Gasteiger partial charge in [-0.2, -0.15) is 0 Å². The molecule has 13 heavy (non-hydrogen) atoms. The van der Waals surface area contributed by atoms with E-state index in [2.05, 4.69) is 9.47 Å². The van der Waals surface area contributed by atoms with Gasteiger partial charge in [-0.3, -0.25) is 0 Å². The molecule has 2 unspecified atom stereocenters. The van der Waals surface area contributed by atoms with Crippen LogP contribution < -0.4 is 0 Å². The molecule has 0 amide bonds. The van der Waals surface area contributed by atoms with Crippen molar-refractivity contribution < 1.29 is 52.4 Å². The van der Waals surface area contributed by atoms with Gasteiger partial charge in [0.1, 0.15) is 0 Å². The second kappa shape index (κ2) is 22.9. The largest absolute Gasteiger partial charge is 0.412 e. The monoisotopic (exact) mass is 236 g/mol. The van der Waals surface area contributed by atoms with Gasteiger partial charge in [0.15, 0.2) is 12.6 Å². The van der Waals surface area contributed by atoms with Crippen LogP contribution in [0.25, 0.3) is 0 Å².